The quantitative estimate of drug-likeness (QED) is 0.583. The van der Waals surface area contributed by atoms with Gasteiger partial charge in [0, 0.05) is 19.3 Å². The molecule has 1 aliphatic rings. The number of anilines is 1. The summed E-state index contributed by atoms with van der Waals surface area (Å²) in [6.45, 7) is 3.35. The number of fused-ring (bicyclic) bond motifs is 1. The van der Waals surface area contributed by atoms with Gasteiger partial charge in [0.2, 0.25) is 0 Å². The molecule has 0 amide bonds. The van der Waals surface area contributed by atoms with Crippen molar-refractivity contribution in [3.8, 4) is 0 Å². The van der Waals surface area contributed by atoms with Gasteiger partial charge in [-0.3, -0.25) is 0 Å². The molecule has 0 radical (unpaired) electrons. The van der Waals surface area contributed by atoms with Crippen molar-refractivity contribution in [2.75, 3.05) is 18.5 Å². The first kappa shape index (κ1) is 8.36. The second-order valence-corrected chi connectivity index (χ2v) is 3.78. The monoisotopic (exact) mass is 173 g/mol. The van der Waals surface area contributed by atoms with Crippen LogP contribution in [0.25, 0.3) is 6.08 Å². The summed E-state index contributed by atoms with van der Waals surface area (Å²) in [5.41, 5.74) is 2.66. The molecule has 68 valence electrons. The van der Waals surface area contributed by atoms with Gasteiger partial charge in [0.1, 0.15) is 0 Å². The zero-order chi connectivity index (χ0) is 9.26. The van der Waals surface area contributed by atoms with Crippen molar-refractivity contribution < 1.29 is 0 Å². The van der Waals surface area contributed by atoms with Gasteiger partial charge < -0.3 is 4.90 Å². The van der Waals surface area contributed by atoms with Gasteiger partial charge in [-0.05, 0) is 17.5 Å². The predicted octanol–water partition coefficient (Wildman–Crippen LogP) is 2.79. The highest BCUT2D eigenvalue weighted by molar-refractivity contribution is 5.68. The van der Waals surface area contributed by atoms with Crippen LogP contribution < -0.4 is 4.90 Å². The summed E-state index contributed by atoms with van der Waals surface area (Å²) < 4.78 is 0. The fourth-order valence-electron chi connectivity index (χ4n) is 1.84. The highest BCUT2D eigenvalue weighted by Crippen LogP contribution is 2.24. The van der Waals surface area contributed by atoms with E-state index in [9.17, 15) is 0 Å². The van der Waals surface area contributed by atoms with Gasteiger partial charge in [0.25, 0.3) is 0 Å². The largest absolute Gasteiger partial charge is 0.374 e. The van der Waals surface area contributed by atoms with Gasteiger partial charge in [-0.25, -0.2) is 0 Å². The van der Waals surface area contributed by atoms with Crippen molar-refractivity contribution in [3.63, 3.8) is 0 Å². The average molecular weight is 173 g/mol. The molecule has 1 heteroatoms. The second kappa shape index (κ2) is 3.25. The van der Waals surface area contributed by atoms with Crippen LogP contribution in [0.1, 0.15) is 12.5 Å². The molecule has 1 aromatic carbocycles. The molecule has 1 aromatic rings. The predicted molar refractivity (Wildman–Crippen MR) is 57.9 cm³/mol. The zero-order valence-electron chi connectivity index (χ0n) is 8.20. The Morgan fingerprint density at radius 1 is 1.31 bits per heavy atom. The maximum Gasteiger partial charge on any atom is 0.0437 e. The Kier molecular flexibility index (Phi) is 2.09. The minimum atomic E-state index is 0.636. The Bertz CT molecular complexity index is 328. The number of hydrogen-bond donors (Lipinski definition) is 0. The molecule has 1 aliphatic heterocycles. The van der Waals surface area contributed by atoms with E-state index in [2.05, 4.69) is 55.3 Å². The van der Waals surface area contributed by atoms with Crippen LogP contribution in [0.5, 0.6) is 0 Å². The van der Waals surface area contributed by atoms with Gasteiger partial charge in [0.05, 0.1) is 0 Å². The maximum atomic E-state index is 2.32. The molecule has 1 unspecified atom stereocenters. The van der Waals surface area contributed by atoms with Crippen LogP contribution in [0.4, 0.5) is 5.69 Å². The summed E-state index contributed by atoms with van der Waals surface area (Å²) in [5, 5.41) is 0. The lowest BCUT2D eigenvalue weighted by atomic mass is 10.1. The first-order valence-electron chi connectivity index (χ1n) is 4.76. The van der Waals surface area contributed by atoms with Gasteiger partial charge >= 0.3 is 0 Å². The molecule has 0 bridgehead atoms. The summed E-state index contributed by atoms with van der Waals surface area (Å²) in [5.74, 6) is 0.636. The molecule has 0 saturated carbocycles. The van der Waals surface area contributed by atoms with E-state index in [0.29, 0.717) is 5.92 Å². The summed E-state index contributed by atoms with van der Waals surface area (Å²) in [4.78, 5) is 2.32. The molecule has 0 N–H and O–H groups in total. The average Bonchev–Trinajstić information content (AvgIpc) is 2.27. The Labute approximate surface area is 79.7 Å². The van der Waals surface area contributed by atoms with Gasteiger partial charge in [-0.2, -0.15) is 0 Å². The van der Waals surface area contributed by atoms with E-state index < -0.39 is 0 Å². The lowest BCUT2D eigenvalue weighted by molar-refractivity contribution is 0.710. The number of hydrogen-bond acceptors (Lipinski definition) is 1. The second-order valence-electron chi connectivity index (χ2n) is 3.78. The van der Waals surface area contributed by atoms with Crippen LogP contribution in [0.3, 0.4) is 0 Å². The van der Waals surface area contributed by atoms with E-state index >= 15 is 0 Å². The minimum absolute atomic E-state index is 0.636. The van der Waals surface area contributed by atoms with Crippen LogP contribution in [-0.2, 0) is 0 Å². The van der Waals surface area contributed by atoms with Gasteiger partial charge in [0.15, 0.2) is 0 Å². The van der Waals surface area contributed by atoms with Crippen LogP contribution in [0.2, 0.25) is 0 Å². The molecule has 0 saturated heterocycles. The third-order valence-corrected chi connectivity index (χ3v) is 2.51. The van der Waals surface area contributed by atoms with Crippen molar-refractivity contribution in [2.24, 2.45) is 5.92 Å². The number of para-hydroxylation sites is 1. The van der Waals surface area contributed by atoms with E-state index in [1.54, 1.807) is 0 Å². The minimum Gasteiger partial charge on any atom is -0.374 e. The number of rotatable bonds is 0. The molecule has 13 heavy (non-hydrogen) atoms. The molecular weight excluding hydrogens is 158 g/mol. The summed E-state index contributed by atoms with van der Waals surface area (Å²) in [6.07, 6.45) is 4.51. The van der Waals surface area contributed by atoms with E-state index in [0.717, 1.165) is 6.54 Å². The van der Waals surface area contributed by atoms with Gasteiger partial charge in [-0.15, -0.1) is 0 Å². The Hall–Kier alpha value is -1.24. The normalized spacial score (nSPS) is 21.1. The lowest BCUT2D eigenvalue weighted by Crippen LogP contribution is -2.22. The fraction of sp³-hybridized carbons (Fsp3) is 0.333. The molecule has 0 aliphatic carbocycles. The molecule has 1 heterocycles. The molecule has 1 atom stereocenters. The van der Waals surface area contributed by atoms with E-state index in [1.165, 1.54) is 11.3 Å². The Balaban J connectivity index is 2.45. The number of nitrogens with zero attached hydrogens (tertiary/aromatic N) is 1. The van der Waals surface area contributed by atoms with E-state index in [4.69, 9.17) is 0 Å². The van der Waals surface area contributed by atoms with Crippen LogP contribution in [0, 0.1) is 5.92 Å². The third kappa shape index (κ3) is 1.59. The molecule has 2 rings (SSSR count). The van der Waals surface area contributed by atoms with E-state index in [-0.39, 0.29) is 0 Å². The SMILES string of the molecule is CC1C=Cc2ccccc2N(C)C1. The molecule has 0 aromatic heterocycles. The summed E-state index contributed by atoms with van der Waals surface area (Å²) in [7, 11) is 2.16. The molecular formula is C12H15N. The Morgan fingerprint density at radius 3 is 2.92 bits per heavy atom. The third-order valence-electron chi connectivity index (χ3n) is 2.51. The van der Waals surface area contributed by atoms with Crippen molar-refractivity contribution in [3.05, 3.63) is 35.9 Å². The summed E-state index contributed by atoms with van der Waals surface area (Å²) >= 11 is 0. The van der Waals surface area contributed by atoms with E-state index in [1.807, 2.05) is 0 Å². The first-order chi connectivity index (χ1) is 6.27. The molecule has 0 fully saturated rings. The zero-order valence-corrected chi connectivity index (χ0v) is 8.20. The first-order valence-corrected chi connectivity index (χ1v) is 4.76. The maximum absolute atomic E-state index is 2.32. The van der Waals surface area contributed by atoms with Crippen molar-refractivity contribution in [1.29, 1.82) is 0 Å². The fourth-order valence-corrected chi connectivity index (χ4v) is 1.84. The highest BCUT2D eigenvalue weighted by Gasteiger charge is 2.10. The standard InChI is InChI=1S/C12H15N/c1-10-7-8-11-5-3-4-6-12(11)13(2)9-10/h3-8,10H,9H2,1-2H3. The van der Waals surface area contributed by atoms with Crippen molar-refractivity contribution >= 4 is 11.8 Å². The van der Waals surface area contributed by atoms with Crippen LogP contribution in [-0.4, -0.2) is 13.6 Å². The number of benzene rings is 1. The van der Waals surface area contributed by atoms with Gasteiger partial charge in [-0.1, -0.05) is 37.3 Å². The van der Waals surface area contributed by atoms with Crippen LogP contribution in [0.15, 0.2) is 30.3 Å². The Morgan fingerprint density at radius 2 is 2.08 bits per heavy atom. The van der Waals surface area contributed by atoms with Crippen molar-refractivity contribution in [2.45, 2.75) is 6.92 Å². The highest BCUT2D eigenvalue weighted by atomic mass is 15.1. The summed E-state index contributed by atoms with van der Waals surface area (Å²) in [6, 6.07) is 8.53. The topological polar surface area (TPSA) is 3.24 Å². The van der Waals surface area contributed by atoms with Crippen LogP contribution >= 0.6 is 0 Å². The van der Waals surface area contributed by atoms with Crippen molar-refractivity contribution in [1.82, 2.24) is 0 Å². The lowest BCUT2D eigenvalue weighted by Gasteiger charge is -2.21. The molecule has 0 spiro atoms. The smallest absolute Gasteiger partial charge is 0.0437 e. The molecule has 1 nitrogen and oxygen atoms in total.